The molecule has 7 nitrogen and oxygen atoms in total. The molecule has 118 valence electrons. The number of nitrogens with one attached hydrogen (secondary N) is 2. The first-order valence-corrected chi connectivity index (χ1v) is 9.81. The summed E-state index contributed by atoms with van der Waals surface area (Å²) in [7, 11) is -6.80. The van der Waals surface area contributed by atoms with Gasteiger partial charge >= 0.3 is 0 Å². The molecule has 0 atom stereocenters. The highest BCUT2D eigenvalue weighted by atomic mass is 32.2. The Labute approximate surface area is 125 Å². The van der Waals surface area contributed by atoms with E-state index in [1.165, 1.54) is 4.31 Å². The minimum atomic E-state index is -3.58. The lowest BCUT2D eigenvalue weighted by Gasteiger charge is -2.17. The van der Waals surface area contributed by atoms with Crippen molar-refractivity contribution in [2.75, 3.05) is 27.9 Å². The van der Waals surface area contributed by atoms with E-state index < -0.39 is 20.2 Å². The fraction of sp³-hybridized carbons (Fsp3) is 0.500. The van der Waals surface area contributed by atoms with Crippen LogP contribution in [0.1, 0.15) is 19.8 Å². The Morgan fingerprint density at radius 1 is 1.24 bits per heavy atom. The molecule has 0 spiro atoms. The zero-order valence-corrected chi connectivity index (χ0v) is 13.4. The van der Waals surface area contributed by atoms with E-state index >= 15 is 0 Å². The maximum absolute atomic E-state index is 11.8. The van der Waals surface area contributed by atoms with Crippen LogP contribution in [0, 0.1) is 0 Å². The molecule has 0 saturated carbocycles. The van der Waals surface area contributed by atoms with Gasteiger partial charge in [-0.2, -0.15) is 13.1 Å². The van der Waals surface area contributed by atoms with Gasteiger partial charge in [0.25, 0.3) is 10.2 Å². The zero-order chi connectivity index (χ0) is 15.5. The third kappa shape index (κ3) is 4.08. The van der Waals surface area contributed by atoms with Gasteiger partial charge in [0.05, 0.1) is 11.4 Å². The van der Waals surface area contributed by atoms with E-state index in [1.54, 1.807) is 24.3 Å². The largest absolute Gasteiger partial charge is 0.299 e. The first-order valence-electron chi connectivity index (χ1n) is 6.72. The van der Waals surface area contributed by atoms with Crippen molar-refractivity contribution in [3.63, 3.8) is 0 Å². The Hall–Kier alpha value is -1.32. The van der Waals surface area contributed by atoms with Crippen LogP contribution in [0.25, 0.3) is 0 Å². The van der Waals surface area contributed by atoms with E-state index in [9.17, 15) is 16.8 Å². The van der Waals surface area contributed by atoms with Gasteiger partial charge in [0.15, 0.2) is 0 Å². The Morgan fingerprint density at radius 3 is 2.43 bits per heavy atom. The molecule has 1 aromatic carbocycles. The highest BCUT2D eigenvalue weighted by Crippen LogP contribution is 2.25. The second kappa shape index (κ2) is 6.20. The number of rotatable bonds is 6. The summed E-state index contributed by atoms with van der Waals surface area (Å²) in [6, 6.07) is 6.30. The Kier molecular flexibility index (Phi) is 4.74. The third-order valence-corrected chi connectivity index (χ3v) is 6.01. The molecule has 2 rings (SSSR count). The van der Waals surface area contributed by atoms with Gasteiger partial charge in [-0.1, -0.05) is 6.92 Å². The first-order chi connectivity index (χ1) is 9.84. The average Bonchev–Trinajstić information content (AvgIpc) is 2.77. The van der Waals surface area contributed by atoms with E-state index in [-0.39, 0.29) is 5.75 Å². The summed E-state index contributed by atoms with van der Waals surface area (Å²) >= 11 is 0. The van der Waals surface area contributed by atoms with Crippen molar-refractivity contribution in [3.8, 4) is 0 Å². The summed E-state index contributed by atoms with van der Waals surface area (Å²) in [4.78, 5) is 0. The number of hydrogen-bond acceptors (Lipinski definition) is 4. The van der Waals surface area contributed by atoms with Crippen LogP contribution < -0.4 is 13.7 Å². The summed E-state index contributed by atoms with van der Waals surface area (Å²) in [5.74, 6) is 0.155. The monoisotopic (exact) mass is 333 g/mol. The van der Waals surface area contributed by atoms with Crippen molar-refractivity contribution in [1.29, 1.82) is 0 Å². The predicted molar refractivity (Wildman–Crippen MR) is 83.0 cm³/mol. The molecule has 0 aliphatic carbocycles. The molecule has 1 aliphatic rings. The molecule has 0 amide bonds. The normalized spacial score (nSPS) is 17.9. The molecule has 0 unspecified atom stereocenters. The minimum absolute atomic E-state index is 0.155. The van der Waals surface area contributed by atoms with Gasteiger partial charge in [-0.05, 0) is 37.1 Å². The standard InChI is InChI=1S/C12H19N3O4S2/c1-2-8-13-21(18,19)14-11-4-6-12(7-5-11)15-9-3-10-20(15,16)17/h4-7,13-14H,2-3,8-10H2,1H3. The highest BCUT2D eigenvalue weighted by Gasteiger charge is 2.28. The quantitative estimate of drug-likeness (QED) is 0.808. The maximum Gasteiger partial charge on any atom is 0.299 e. The van der Waals surface area contributed by atoms with Crippen LogP contribution in [0.2, 0.25) is 0 Å². The van der Waals surface area contributed by atoms with Gasteiger partial charge in [0.2, 0.25) is 10.0 Å². The molecular formula is C12H19N3O4S2. The number of benzene rings is 1. The van der Waals surface area contributed by atoms with Crippen molar-refractivity contribution in [1.82, 2.24) is 4.72 Å². The minimum Gasteiger partial charge on any atom is -0.271 e. The fourth-order valence-corrected chi connectivity index (χ4v) is 4.61. The first kappa shape index (κ1) is 16.1. The maximum atomic E-state index is 11.8. The van der Waals surface area contributed by atoms with Crippen LogP contribution in [0.15, 0.2) is 24.3 Å². The molecule has 0 bridgehead atoms. The van der Waals surface area contributed by atoms with Gasteiger partial charge in [0.1, 0.15) is 0 Å². The predicted octanol–water partition coefficient (Wildman–Crippen LogP) is 0.883. The van der Waals surface area contributed by atoms with E-state index in [4.69, 9.17) is 0 Å². The number of sulfonamides is 1. The smallest absolute Gasteiger partial charge is 0.271 e. The van der Waals surface area contributed by atoms with Gasteiger partial charge < -0.3 is 0 Å². The molecule has 0 radical (unpaired) electrons. The van der Waals surface area contributed by atoms with Crippen molar-refractivity contribution in [2.24, 2.45) is 0 Å². The summed E-state index contributed by atoms with van der Waals surface area (Å²) in [5.41, 5.74) is 0.941. The second-order valence-corrected chi connectivity index (χ2v) is 8.30. The summed E-state index contributed by atoms with van der Waals surface area (Å²) < 4.78 is 53.1. The summed E-state index contributed by atoms with van der Waals surface area (Å²) in [6.07, 6.45) is 1.31. The third-order valence-electron chi connectivity index (χ3n) is 3.05. The fourth-order valence-electron chi connectivity index (χ4n) is 2.05. The van der Waals surface area contributed by atoms with Crippen molar-refractivity contribution >= 4 is 31.6 Å². The van der Waals surface area contributed by atoms with Crippen molar-refractivity contribution in [2.45, 2.75) is 19.8 Å². The lowest BCUT2D eigenvalue weighted by Crippen LogP contribution is -2.30. The number of anilines is 2. The number of nitrogens with zero attached hydrogens (tertiary/aromatic N) is 1. The van der Waals surface area contributed by atoms with Gasteiger partial charge in [-0.25, -0.2) is 8.42 Å². The topological polar surface area (TPSA) is 95.6 Å². The average molecular weight is 333 g/mol. The Morgan fingerprint density at radius 2 is 1.90 bits per heavy atom. The summed E-state index contributed by atoms with van der Waals surface area (Å²) in [6.45, 7) is 2.69. The lowest BCUT2D eigenvalue weighted by molar-refractivity contribution is 0.586. The SMILES string of the molecule is CCCNS(=O)(=O)Nc1ccc(N2CCCS2(=O)=O)cc1. The van der Waals surface area contributed by atoms with E-state index in [0.29, 0.717) is 37.3 Å². The van der Waals surface area contributed by atoms with Crippen LogP contribution >= 0.6 is 0 Å². The molecule has 2 N–H and O–H groups in total. The van der Waals surface area contributed by atoms with E-state index in [2.05, 4.69) is 9.44 Å². The van der Waals surface area contributed by atoms with Crippen molar-refractivity contribution < 1.29 is 16.8 Å². The van der Waals surface area contributed by atoms with Crippen LogP contribution in [0.5, 0.6) is 0 Å². The molecule has 9 heteroatoms. The van der Waals surface area contributed by atoms with Gasteiger partial charge in [-0.3, -0.25) is 9.03 Å². The molecular weight excluding hydrogens is 314 g/mol. The Balaban J connectivity index is 2.09. The molecule has 1 heterocycles. The van der Waals surface area contributed by atoms with Crippen molar-refractivity contribution in [3.05, 3.63) is 24.3 Å². The molecule has 1 aliphatic heterocycles. The van der Waals surface area contributed by atoms with E-state index in [1.807, 2.05) is 6.92 Å². The molecule has 0 aromatic heterocycles. The Bertz CT molecular complexity index is 684. The molecule has 1 aromatic rings. The second-order valence-electron chi connectivity index (χ2n) is 4.79. The van der Waals surface area contributed by atoms with Gasteiger partial charge in [0, 0.05) is 18.8 Å². The van der Waals surface area contributed by atoms with Crippen LogP contribution in [-0.2, 0) is 20.2 Å². The molecule has 1 fully saturated rings. The van der Waals surface area contributed by atoms with Crippen LogP contribution in [-0.4, -0.2) is 35.7 Å². The zero-order valence-electron chi connectivity index (χ0n) is 11.7. The van der Waals surface area contributed by atoms with Crippen LogP contribution in [0.3, 0.4) is 0 Å². The van der Waals surface area contributed by atoms with Crippen LogP contribution in [0.4, 0.5) is 11.4 Å². The molecule has 21 heavy (non-hydrogen) atoms. The lowest BCUT2D eigenvalue weighted by atomic mass is 10.3. The van der Waals surface area contributed by atoms with E-state index in [0.717, 1.165) is 0 Å². The molecule has 1 saturated heterocycles. The highest BCUT2D eigenvalue weighted by molar-refractivity contribution is 7.93. The summed E-state index contributed by atoms with van der Waals surface area (Å²) in [5, 5.41) is 0. The number of hydrogen-bond donors (Lipinski definition) is 2. The van der Waals surface area contributed by atoms with Gasteiger partial charge in [-0.15, -0.1) is 0 Å².